The van der Waals surface area contributed by atoms with Crippen molar-refractivity contribution in [1.29, 1.82) is 0 Å². The van der Waals surface area contributed by atoms with Crippen LogP contribution in [0.1, 0.15) is 80.9 Å². The molecule has 4 atom stereocenters. The van der Waals surface area contributed by atoms with Crippen LogP contribution in [0.5, 0.6) is 5.75 Å². The van der Waals surface area contributed by atoms with Gasteiger partial charge in [-0.2, -0.15) is 0 Å². The van der Waals surface area contributed by atoms with Crippen LogP contribution in [0.2, 0.25) is 0 Å². The average molecular weight is 812 g/mol. The van der Waals surface area contributed by atoms with Gasteiger partial charge in [-0.3, -0.25) is 14.4 Å². The highest BCUT2D eigenvalue weighted by Crippen LogP contribution is 2.41. The molecular weight excluding hydrogens is 763 g/mol. The van der Waals surface area contributed by atoms with E-state index in [9.17, 15) is 33.9 Å². The lowest BCUT2D eigenvalue weighted by Gasteiger charge is -2.31. The molecular formula is C42H49N7O10. The number of primary amides is 1. The number of aromatic nitrogens is 2. The number of carbonyl (C=O) groups excluding carboxylic acids is 5. The standard InChI is InChI=1S/C42H49N7O10/c1-6-25-26-17-24(14-15-30(26)47-34-27(25)19-49-32(34)18-29-28(38(49)52)20-58-40(54)42(29,56)7-2)59-35(39(53)57-5)22-10-12-23(13-11-22)46-36(50)31(9-8-16-45-41(44)55)48-37(51)33(43)21(3)4/h10-15,17-18,21,31,33,35,56H,6-9,16,19-20,43H2,1-5H3,(H,46,50)(H,48,51)(H3,44,45,55)/t31-,33?,35?,42-/m0/s1. The Kier molecular flexibility index (Phi) is 12.4. The van der Waals surface area contributed by atoms with Gasteiger partial charge in [-0.25, -0.2) is 19.4 Å². The lowest BCUT2D eigenvalue weighted by molar-refractivity contribution is -0.172. The molecule has 4 heterocycles. The summed E-state index contributed by atoms with van der Waals surface area (Å²) in [6, 6.07) is 10.8. The summed E-state index contributed by atoms with van der Waals surface area (Å²) >= 11 is 0. The summed E-state index contributed by atoms with van der Waals surface area (Å²) in [4.78, 5) is 81.7. The molecule has 312 valence electrons. The van der Waals surface area contributed by atoms with Crippen molar-refractivity contribution in [3.8, 4) is 17.1 Å². The van der Waals surface area contributed by atoms with Crippen LogP contribution in [0, 0.1) is 5.92 Å². The van der Waals surface area contributed by atoms with E-state index >= 15 is 0 Å². The van der Waals surface area contributed by atoms with Crippen LogP contribution in [0.3, 0.4) is 0 Å². The summed E-state index contributed by atoms with van der Waals surface area (Å²) in [5.41, 5.74) is 13.5. The number of nitrogens with one attached hydrogen (secondary N) is 3. The smallest absolute Gasteiger partial charge is 0.351 e. The number of ether oxygens (including phenoxy) is 3. The highest BCUT2D eigenvalue weighted by atomic mass is 16.6. The van der Waals surface area contributed by atoms with E-state index in [1.54, 1.807) is 73.9 Å². The summed E-state index contributed by atoms with van der Waals surface area (Å²) in [6.45, 7) is 7.42. The third-order valence-electron chi connectivity index (χ3n) is 10.9. The Hall–Kier alpha value is -6.33. The predicted octanol–water partition coefficient (Wildman–Crippen LogP) is 2.79. The summed E-state index contributed by atoms with van der Waals surface area (Å²) in [5, 5.41) is 20.0. The number of esters is 2. The van der Waals surface area contributed by atoms with E-state index in [1.165, 1.54) is 7.11 Å². The number of benzene rings is 2. The molecule has 0 saturated carbocycles. The van der Waals surface area contributed by atoms with Crippen LogP contribution in [-0.4, -0.2) is 70.2 Å². The number of aliphatic hydroxyl groups is 1. The average Bonchev–Trinajstić information content (AvgIpc) is 3.59. The summed E-state index contributed by atoms with van der Waals surface area (Å²) < 4.78 is 18.2. The minimum absolute atomic E-state index is 0.0337. The zero-order valence-electron chi connectivity index (χ0n) is 33.5. The van der Waals surface area contributed by atoms with Gasteiger partial charge in [-0.15, -0.1) is 0 Å². The van der Waals surface area contributed by atoms with Gasteiger partial charge in [-0.05, 0) is 73.6 Å². The number of pyridine rings is 2. The van der Waals surface area contributed by atoms with Gasteiger partial charge >= 0.3 is 18.0 Å². The number of urea groups is 1. The van der Waals surface area contributed by atoms with Crippen LogP contribution in [0.4, 0.5) is 10.5 Å². The molecule has 4 aromatic rings. The first-order valence-corrected chi connectivity index (χ1v) is 19.5. The number of aryl methyl sites for hydroxylation is 1. The minimum Gasteiger partial charge on any atom is -0.474 e. The first-order chi connectivity index (χ1) is 28.1. The number of nitrogens with zero attached hydrogens (tertiary/aromatic N) is 2. The van der Waals surface area contributed by atoms with Crippen LogP contribution in [0.15, 0.2) is 53.3 Å². The molecule has 6 rings (SSSR count). The van der Waals surface area contributed by atoms with E-state index in [4.69, 9.17) is 30.7 Å². The predicted molar refractivity (Wildman–Crippen MR) is 216 cm³/mol. The largest absolute Gasteiger partial charge is 0.474 e. The van der Waals surface area contributed by atoms with E-state index in [1.807, 2.05) is 6.92 Å². The molecule has 0 bridgehead atoms. The maximum absolute atomic E-state index is 13.7. The Morgan fingerprint density at radius 2 is 1.76 bits per heavy atom. The zero-order valence-corrected chi connectivity index (χ0v) is 33.5. The molecule has 8 N–H and O–H groups in total. The van der Waals surface area contributed by atoms with Crippen LogP contribution in [0.25, 0.3) is 22.3 Å². The van der Waals surface area contributed by atoms with Gasteiger partial charge in [0.05, 0.1) is 42.2 Å². The van der Waals surface area contributed by atoms with Crippen molar-refractivity contribution in [2.45, 2.75) is 90.3 Å². The molecule has 59 heavy (non-hydrogen) atoms. The number of methoxy groups -OCH3 is 1. The SMILES string of the molecule is CCc1c2c(nc3ccc(OC(C(=O)OC)c4ccc(NC(=O)[C@H](CCCNC(N)=O)NC(=O)C(N)C(C)C)cc4)cc13)-c1cc3c(c(=O)n1C2)COC(=O)[C@]3(O)CC. The van der Waals surface area contributed by atoms with Crippen molar-refractivity contribution < 1.29 is 43.3 Å². The molecule has 2 unspecified atom stereocenters. The molecule has 2 aliphatic rings. The van der Waals surface area contributed by atoms with E-state index in [-0.39, 0.29) is 55.1 Å². The molecule has 0 aliphatic carbocycles. The second-order valence-electron chi connectivity index (χ2n) is 14.9. The topological polar surface area (TPSA) is 256 Å². The van der Waals surface area contributed by atoms with Crippen molar-refractivity contribution >= 4 is 46.4 Å². The van der Waals surface area contributed by atoms with E-state index < -0.39 is 53.6 Å². The maximum atomic E-state index is 13.7. The number of hydrogen-bond donors (Lipinski definition) is 6. The second kappa shape index (κ2) is 17.3. The molecule has 2 aromatic heterocycles. The van der Waals surface area contributed by atoms with Gasteiger partial charge in [0.25, 0.3) is 5.56 Å². The molecule has 17 heteroatoms. The number of fused-ring (bicyclic) bond motifs is 5. The fourth-order valence-corrected chi connectivity index (χ4v) is 7.44. The number of hydrogen-bond acceptors (Lipinski definition) is 12. The number of amides is 4. The fourth-order valence-electron chi connectivity index (χ4n) is 7.44. The second-order valence-corrected chi connectivity index (χ2v) is 14.9. The van der Waals surface area contributed by atoms with Gasteiger partial charge < -0.3 is 51.3 Å². The molecule has 0 saturated heterocycles. The van der Waals surface area contributed by atoms with Crippen molar-refractivity contribution in [2.24, 2.45) is 17.4 Å². The van der Waals surface area contributed by atoms with Gasteiger partial charge in [0.2, 0.25) is 17.9 Å². The lowest BCUT2D eigenvalue weighted by atomic mass is 9.86. The first kappa shape index (κ1) is 42.3. The van der Waals surface area contributed by atoms with Crippen LogP contribution < -0.4 is 37.7 Å². The number of carbonyl (C=O) groups is 5. The summed E-state index contributed by atoms with van der Waals surface area (Å²) in [7, 11) is 1.25. The molecule has 17 nitrogen and oxygen atoms in total. The van der Waals surface area contributed by atoms with Crippen molar-refractivity contribution in [3.05, 3.63) is 86.7 Å². The third-order valence-corrected chi connectivity index (χ3v) is 10.9. The molecule has 2 aromatic carbocycles. The van der Waals surface area contributed by atoms with Crippen molar-refractivity contribution in [2.75, 3.05) is 19.0 Å². The minimum atomic E-state index is -1.94. The number of nitrogens with two attached hydrogens (primary N) is 2. The Balaban J connectivity index is 1.24. The van der Waals surface area contributed by atoms with Crippen LogP contribution >= 0.6 is 0 Å². The summed E-state index contributed by atoms with van der Waals surface area (Å²) in [6.07, 6.45) is -0.0570. The normalized spacial score (nSPS) is 16.8. The van der Waals surface area contributed by atoms with E-state index in [0.717, 1.165) is 16.5 Å². The monoisotopic (exact) mass is 811 g/mol. The van der Waals surface area contributed by atoms with Gasteiger partial charge in [0.15, 0.2) is 5.60 Å². The molecule has 0 fully saturated rings. The number of rotatable bonds is 15. The van der Waals surface area contributed by atoms with Gasteiger partial charge in [-0.1, -0.05) is 39.8 Å². The molecule has 2 aliphatic heterocycles. The molecule has 0 radical (unpaired) electrons. The van der Waals surface area contributed by atoms with Gasteiger partial charge in [0, 0.05) is 34.3 Å². The Morgan fingerprint density at radius 3 is 2.41 bits per heavy atom. The Labute approximate surface area is 339 Å². The number of cyclic esters (lactones) is 1. The fraction of sp³-hybridized carbons (Fsp3) is 0.405. The van der Waals surface area contributed by atoms with E-state index in [0.29, 0.717) is 46.7 Å². The highest BCUT2D eigenvalue weighted by molar-refractivity contribution is 5.98. The Bertz CT molecular complexity index is 2380. The van der Waals surface area contributed by atoms with Crippen LogP contribution in [-0.2, 0) is 53.8 Å². The number of anilines is 1. The lowest BCUT2D eigenvalue weighted by Crippen LogP contribution is -2.51. The van der Waals surface area contributed by atoms with Crippen molar-refractivity contribution in [3.63, 3.8) is 0 Å². The zero-order chi connectivity index (χ0) is 42.8. The third kappa shape index (κ3) is 8.33. The van der Waals surface area contributed by atoms with E-state index in [2.05, 4.69) is 16.0 Å². The maximum Gasteiger partial charge on any atom is 0.351 e. The van der Waals surface area contributed by atoms with Crippen molar-refractivity contribution in [1.82, 2.24) is 20.2 Å². The quantitative estimate of drug-likeness (QED) is 0.0659. The Morgan fingerprint density at radius 1 is 1.03 bits per heavy atom. The first-order valence-electron chi connectivity index (χ1n) is 19.5. The molecule has 4 amide bonds. The van der Waals surface area contributed by atoms with Gasteiger partial charge in [0.1, 0.15) is 18.4 Å². The highest BCUT2D eigenvalue weighted by Gasteiger charge is 2.45. The summed E-state index contributed by atoms with van der Waals surface area (Å²) in [5.74, 6) is -2.29. The molecule has 0 spiro atoms.